The van der Waals surface area contributed by atoms with Crippen LogP contribution in [0.25, 0.3) is 0 Å². The highest BCUT2D eigenvalue weighted by Crippen LogP contribution is 2.33. The maximum atomic E-state index is 12.6. The molecule has 2 heterocycles. The smallest absolute Gasteiger partial charge is 0.391 e. The Labute approximate surface area is 138 Å². The van der Waals surface area contributed by atoms with Crippen LogP contribution in [0.5, 0.6) is 0 Å². The van der Waals surface area contributed by atoms with E-state index in [1.165, 1.54) is 6.92 Å². The van der Waals surface area contributed by atoms with Crippen molar-refractivity contribution in [1.82, 2.24) is 10.2 Å². The van der Waals surface area contributed by atoms with Crippen LogP contribution in [0.2, 0.25) is 0 Å². The average Bonchev–Trinajstić information content (AvgIpc) is 2.92. The van der Waals surface area contributed by atoms with E-state index in [1.54, 1.807) is 24.0 Å². The van der Waals surface area contributed by atoms with Gasteiger partial charge in [0.15, 0.2) is 0 Å². The Balaban J connectivity index is 1.76. The highest BCUT2D eigenvalue weighted by molar-refractivity contribution is 5.78. The second kappa shape index (κ2) is 7.14. The molecule has 24 heavy (non-hydrogen) atoms. The second-order valence-corrected chi connectivity index (χ2v) is 6.55. The molecule has 1 saturated heterocycles. The third-order valence-electron chi connectivity index (χ3n) is 4.32. The van der Waals surface area contributed by atoms with E-state index in [0.29, 0.717) is 11.5 Å². The molecule has 0 aromatic carbocycles. The van der Waals surface area contributed by atoms with Crippen molar-refractivity contribution in [3.8, 4) is 0 Å². The third kappa shape index (κ3) is 4.98. The standard InChI is InChI=1S/C16H23F3N2O3/c1-11-3-4-13(24-11)15(2,23)10-20-14(22)9-21-7-5-12(6-8-21)16(17,18)19/h3-4,12,23H,5-10H2,1-2H3,(H,20,22)/t15-/m0/s1. The summed E-state index contributed by atoms with van der Waals surface area (Å²) in [6.07, 6.45) is -4.13. The Kier molecular flexibility index (Phi) is 5.59. The van der Waals surface area contributed by atoms with Gasteiger partial charge in [-0.25, -0.2) is 0 Å². The number of likely N-dealkylation sites (tertiary alicyclic amines) is 1. The van der Waals surface area contributed by atoms with E-state index in [-0.39, 0.29) is 44.9 Å². The predicted octanol–water partition coefficient (Wildman–Crippen LogP) is 2.19. The number of carbonyl (C=O) groups is 1. The molecule has 0 spiro atoms. The number of alkyl halides is 3. The number of rotatable bonds is 5. The zero-order valence-electron chi connectivity index (χ0n) is 13.8. The molecule has 2 rings (SSSR count). The van der Waals surface area contributed by atoms with E-state index in [2.05, 4.69) is 5.32 Å². The minimum Gasteiger partial charge on any atom is -0.463 e. The van der Waals surface area contributed by atoms with E-state index < -0.39 is 17.7 Å². The molecule has 0 bridgehead atoms. The molecule has 0 aliphatic carbocycles. The molecule has 5 nitrogen and oxygen atoms in total. The molecular formula is C16H23F3N2O3. The molecule has 1 aliphatic heterocycles. The lowest BCUT2D eigenvalue weighted by Gasteiger charge is -2.32. The lowest BCUT2D eigenvalue weighted by Crippen LogP contribution is -2.46. The average molecular weight is 348 g/mol. The van der Waals surface area contributed by atoms with Crippen molar-refractivity contribution in [2.24, 2.45) is 5.92 Å². The number of amides is 1. The van der Waals surface area contributed by atoms with Crippen molar-refractivity contribution in [3.05, 3.63) is 23.7 Å². The van der Waals surface area contributed by atoms with Crippen LogP contribution in [0.15, 0.2) is 16.5 Å². The molecule has 1 atom stereocenters. The number of hydrogen-bond acceptors (Lipinski definition) is 4. The number of piperidine rings is 1. The minimum atomic E-state index is -4.16. The number of hydrogen-bond donors (Lipinski definition) is 2. The van der Waals surface area contributed by atoms with Gasteiger partial charge >= 0.3 is 6.18 Å². The normalized spacial score (nSPS) is 19.9. The third-order valence-corrected chi connectivity index (χ3v) is 4.32. The van der Waals surface area contributed by atoms with Crippen LogP contribution in [0.1, 0.15) is 31.3 Å². The second-order valence-electron chi connectivity index (χ2n) is 6.55. The van der Waals surface area contributed by atoms with Crippen molar-refractivity contribution < 1.29 is 27.5 Å². The summed E-state index contributed by atoms with van der Waals surface area (Å²) in [5.74, 6) is -0.598. The summed E-state index contributed by atoms with van der Waals surface area (Å²) in [7, 11) is 0. The Hall–Kier alpha value is -1.54. The topological polar surface area (TPSA) is 65.7 Å². The van der Waals surface area contributed by atoms with Crippen molar-refractivity contribution >= 4 is 5.91 Å². The van der Waals surface area contributed by atoms with Crippen LogP contribution in [0.3, 0.4) is 0 Å². The highest BCUT2D eigenvalue weighted by atomic mass is 19.4. The first-order valence-electron chi connectivity index (χ1n) is 7.93. The fourth-order valence-corrected chi connectivity index (χ4v) is 2.76. The van der Waals surface area contributed by atoms with Crippen LogP contribution < -0.4 is 5.32 Å². The zero-order chi connectivity index (χ0) is 18.0. The van der Waals surface area contributed by atoms with Crippen LogP contribution in [0, 0.1) is 12.8 Å². The molecule has 0 saturated carbocycles. The summed E-state index contributed by atoms with van der Waals surface area (Å²) in [4.78, 5) is 13.7. The summed E-state index contributed by atoms with van der Waals surface area (Å²) >= 11 is 0. The summed E-state index contributed by atoms with van der Waals surface area (Å²) in [6, 6.07) is 3.36. The van der Waals surface area contributed by atoms with Crippen molar-refractivity contribution in [1.29, 1.82) is 0 Å². The number of aliphatic hydroxyl groups is 1. The molecule has 0 unspecified atom stereocenters. The first-order valence-corrected chi connectivity index (χ1v) is 7.93. The molecular weight excluding hydrogens is 325 g/mol. The Bertz CT molecular complexity index is 561. The minimum absolute atomic E-state index is 0.0141. The molecule has 2 N–H and O–H groups in total. The van der Waals surface area contributed by atoms with E-state index in [0.717, 1.165) is 0 Å². The quantitative estimate of drug-likeness (QED) is 0.856. The van der Waals surface area contributed by atoms with Gasteiger partial charge in [0.05, 0.1) is 19.0 Å². The van der Waals surface area contributed by atoms with Crippen LogP contribution >= 0.6 is 0 Å². The number of nitrogens with one attached hydrogen (secondary N) is 1. The highest BCUT2D eigenvalue weighted by Gasteiger charge is 2.41. The summed E-state index contributed by atoms with van der Waals surface area (Å²) in [5, 5.41) is 12.9. The monoisotopic (exact) mass is 348 g/mol. The van der Waals surface area contributed by atoms with Gasteiger partial charge in [-0.1, -0.05) is 0 Å². The van der Waals surface area contributed by atoms with Gasteiger partial charge in [-0.2, -0.15) is 13.2 Å². The molecule has 0 radical (unpaired) electrons. The van der Waals surface area contributed by atoms with E-state index in [4.69, 9.17) is 4.42 Å². The molecule has 1 aromatic rings. The summed E-state index contributed by atoms with van der Waals surface area (Å²) in [6.45, 7) is 3.76. The number of carbonyl (C=O) groups excluding carboxylic acids is 1. The van der Waals surface area contributed by atoms with Crippen molar-refractivity contribution in [2.45, 2.75) is 38.5 Å². The maximum absolute atomic E-state index is 12.6. The summed E-state index contributed by atoms with van der Waals surface area (Å²) in [5.41, 5.74) is -1.34. The fourth-order valence-electron chi connectivity index (χ4n) is 2.76. The van der Waals surface area contributed by atoms with Gasteiger partial charge in [0.1, 0.15) is 17.1 Å². The van der Waals surface area contributed by atoms with Crippen molar-refractivity contribution in [3.63, 3.8) is 0 Å². The molecule has 1 amide bonds. The van der Waals surface area contributed by atoms with Gasteiger partial charge in [0.25, 0.3) is 0 Å². The number of furan rings is 1. The van der Waals surface area contributed by atoms with Crippen LogP contribution in [-0.2, 0) is 10.4 Å². The van der Waals surface area contributed by atoms with Crippen LogP contribution in [-0.4, -0.2) is 48.3 Å². The molecule has 1 aliphatic rings. The Morgan fingerprint density at radius 3 is 2.50 bits per heavy atom. The molecule has 1 fully saturated rings. The van der Waals surface area contributed by atoms with Gasteiger partial charge in [-0.15, -0.1) is 0 Å². The van der Waals surface area contributed by atoms with Crippen LogP contribution in [0.4, 0.5) is 13.2 Å². The lowest BCUT2D eigenvalue weighted by molar-refractivity contribution is -0.185. The maximum Gasteiger partial charge on any atom is 0.391 e. The first-order chi connectivity index (χ1) is 11.1. The Morgan fingerprint density at radius 2 is 2.00 bits per heavy atom. The number of halogens is 3. The fraction of sp³-hybridized carbons (Fsp3) is 0.688. The lowest BCUT2D eigenvalue weighted by atomic mass is 9.96. The van der Waals surface area contributed by atoms with Gasteiger partial charge in [-0.3, -0.25) is 9.69 Å². The van der Waals surface area contributed by atoms with Gasteiger partial charge in [-0.05, 0) is 51.9 Å². The molecule has 8 heteroatoms. The number of nitrogens with zero attached hydrogens (tertiary/aromatic N) is 1. The molecule has 136 valence electrons. The first kappa shape index (κ1) is 18.8. The van der Waals surface area contributed by atoms with E-state index in [1.807, 2.05) is 0 Å². The van der Waals surface area contributed by atoms with Gasteiger partial charge in [0, 0.05) is 0 Å². The molecule has 1 aromatic heterocycles. The summed E-state index contributed by atoms with van der Waals surface area (Å²) < 4.78 is 43.2. The van der Waals surface area contributed by atoms with Crippen molar-refractivity contribution in [2.75, 3.05) is 26.2 Å². The van der Waals surface area contributed by atoms with E-state index in [9.17, 15) is 23.1 Å². The Morgan fingerprint density at radius 1 is 1.38 bits per heavy atom. The number of aryl methyl sites for hydroxylation is 1. The predicted molar refractivity (Wildman–Crippen MR) is 81.2 cm³/mol. The van der Waals surface area contributed by atoms with Gasteiger partial charge < -0.3 is 14.8 Å². The van der Waals surface area contributed by atoms with E-state index >= 15 is 0 Å². The SMILES string of the molecule is Cc1ccc([C@@](C)(O)CNC(=O)CN2CCC(C(F)(F)F)CC2)o1. The largest absolute Gasteiger partial charge is 0.463 e. The zero-order valence-corrected chi connectivity index (χ0v) is 13.8. The van der Waals surface area contributed by atoms with Gasteiger partial charge in [0.2, 0.25) is 5.91 Å².